The zero-order valence-electron chi connectivity index (χ0n) is 27.2. The highest BCUT2D eigenvalue weighted by atomic mass is 35.5. The fraction of sp³-hybridized carbons (Fsp3) is 0.378. The van der Waals surface area contributed by atoms with Crippen LogP contribution in [0.1, 0.15) is 34.3 Å². The van der Waals surface area contributed by atoms with Gasteiger partial charge in [-0.3, -0.25) is 9.59 Å². The van der Waals surface area contributed by atoms with Crippen molar-refractivity contribution in [3.8, 4) is 5.75 Å². The predicted molar refractivity (Wildman–Crippen MR) is 185 cm³/mol. The molecule has 0 spiro atoms. The average molecular weight is 656 g/mol. The number of likely N-dealkylation sites (tertiary alicyclic amines) is 1. The maximum absolute atomic E-state index is 14.6. The molecule has 2 aliphatic heterocycles. The minimum Gasteiger partial charge on any atom is -0.497 e. The lowest BCUT2D eigenvalue weighted by Crippen LogP contribution is -2.56. The number of para-hydroxylation sites is 1. The number of fused-ring (bicyclic) bond motifs is 2. The van der Waals surface area contributed by atoms with E-state index in [2.05, 4.69) is 15.2 Å². The van der Waals surface area contributed by atoms with Crippen LogP contribution in [0.2, 0.25) is 5.02 Å². The highest BCUT2D eigenvalue weighted by Gasteiger charge is 2.36. The van der Waals surface area contributed by atoms with E-state index in [1.165, 1.54) is 0 Å². The number of carbonyl (C=O) groups excluding carboxylic acids is 3. The van der Waals surface area contributed by atoms with Crippen LogP contribution in [0.5, 0.6) is 5.75 Å². The van der Waals surface area contributed by atoms with E-state index in [4.69, 9.17) is 16.3 Å². The number of halogens is 1. The molecular weight excluding hydrogens is 614 g/mol. The van der Waals surface area contributed by atoms with E-state index in [0.29, 0.717) is 55.2 Å². The number of H-pyrrole nitrogens is 1. The van der Waals surface area contributed by atoms with Gasteiger partial charge >= 0.3 is 6.03 Å². The summed E-state index contributed by atoms with van der Waals surface area (Å²) in [4.78, 5) is 50.6. The van der Waals surface area contributed by atoms with Gasteiger partial charge in [-0.2, -0.15) is 0 Å². The Labute approximate surface area is 280 Å². The third-order valence-electron chi connectivity index (χ3n) is 9.39. The number of methoxy groups -OCH3 is 1. The van der Waals surface area contributed by atoms with Crippen LogP contribution in [0.3, 0.4) is 0 Å². The second-order valence-electron chi connectivity index (χ2n) is 13.0. The number of anilines is 1. The number of urea groups is 1. The zero-order chi connectivity index (χ0) is 33.1. The van der Waals surface area contributed by atoms with E-state index in [1.54, 1.807) is 36.3 Å². The first kappa shape index (κ1) is 32.6. The third-order valence-corrected chi connectivity index (χ3v) is 9.63. The molecule has 2 N–H and O–H groups in total. The fourth-order valence-electron chi connectivity index (χ4n) is 7.05. The summed E-state index contributed by atoms with van der Waals surface area (Å²) in [5, 5.41) is 4.78. The average Bonchev–Trinajstić information content (AvgIpc) is 3.49. The number of ketones is 1. The predicted octanol–water partition coefficient (Wildman–Crippen LogP) is 5.81. The fourth-order valence-corrected chi connectivity index (χ4v) is 7.24. The third kappa shape index (κ3) is 7.31. The van der Waals surface area contributed by atoms with E-state index < -0.39 is 6.04 Å². The van der Waals surface area contributed by atoms with Crippen molar-refractivity contribution in [1.82, 2.24) is 20.1 Å². The van der Waals surface area contributed by atoms with Gasteiger partial charge < -0.3 is 29.7 Å². The van der Waals surface area contributed by atoms with E-state index >= 15 is 0 Å². The van der Waals surface area contributed by atoms with Gasteiger partial charge in [0.1, 0.15) is 11.8 Å². The summed E-state index contributed by atoms with van der Waals surface area (Å²) in [6.45, 7) is 2.23. The van der Waals surface area contributed by atoms with Crippen molar-refractivity contribution in [1.29, 1.82) is 0 Å². The molecule has 0 saturated carbocycles. The van der Waals surface area contributed by atoms with Crippen molar-refractivity contribution in [3.05, 3.63) is 94.6 Å². The molecule has 0 radical (unpaired) electrons. The summed E-state index contributed by atoms with van der Waals surface area (Å²) in [5.41, 5.74) is 4.46. The van der Waals surface area contributed by atoms with Crippen LogP contribution in [0, 0.1) is 11.8 Å². The molecule has 0 aliphatic carbocycles. The van der Waals surface area contributed by atoms with Gasteiger partial charge in [-0.05, 0) is 98.9 Å². The minimum absolute atomic E-state index is 0.0799. The van der Waals surface area contributed by atoms with Crippen LogP contribution in [-0.4, -0.2) is 85.9 Å². The number of amides is 3. The molecule has 6 rings (SSSR count). The van der Waals surface area contributed by atoms with E-state index in [0.717, 1.165) is 40.7 Å². The Hall–Kier alpha value is -4.34. The van der Waals surface area contributed by atoms with Crippen LogP contribution in [0.4, 0.5) is 10.5 Å². The highest BCUT2D eigenvalue weighted by Crippen LogP contribution is 2.33. The molecule has 47 heavy (non-hydrogen) atoms. The van der Waals surface area contributed by atoms with Gasteiger partial charge in [-0.25, -0.2) is 4.79 Å². The first-order chi connectivity index (χ1) is 22.7. The monoisotopic (exact) mass is 655 g/mol. The van der Waals surface area contributed by atoms with Crippen LogP contribution in [-0.2, 0) is 17.6 Å². The number of aromatic nitrogens is 1. The highest BCUT2D eigenvalue weighted by molar-refractivity contribution is 6.30. The quantitative estimate of drug-likeness (QED) is 0.222. The Bertz CT molecular complexity index is 1750. The Morgan fingerprint density at radius 2 is 1.79 bits per heavy atom. The molecule has 0 unspecified atom stereocenters. The van der Waals surface area contributed by atoms with Crippen LogP contribution < -0.4 is 15.0 Å². The summed E-state index contributed by atoms with van der Waals surface area (Å²) >= 11 is 6.40. The Kier molecular flexibility index (Phi) is 9.84. The molecule has 1 aromatic heterocycles. The molecule has 3 amide bonds. The SMILES string of the molecule is COc1ccc(C(=O)C2CCN(C(=O)N[C@H](Cc3c[nH]c4ccccc34)C(=O)N3C[C@@H](CN(C)C)Cc4cc(Cl)ccc43)CC2)cc1. The second kappa shape index (κ2) is 14.2. The van der Waals surface area contributed by atoms with Gasteiger partial charge in [0.2, 0.25) is 5.91 Å². The van der Waals surface area contributed by atoms with E-state index in [-0.39, 0.29) is 29.6 Å². The minimum atomic E-state index is -0.804. The van der Waals surface area contributed by atoms with Crippen LogP contribution >= 0.6 is 11.6 Å². The molecular formula is C37H42ClN5O4. The number of nitrogens with one attached hydrogen (secondary N) is 2. The summed E-state index contributed by atoms with van der Waals surface area (Å²) < 4.78 is 5.22. The number of ether oxygens (including phenoxy) is 1. The molecule has 246 valence electrons. The molecule has 1 fully saturated rings. The van der Waals surface area contributed by atoms with Gasteiger partial charge in [0, 0.05) is 71.9 Å². The zero-order valence-corrected chi connectivity index (χ0v) is 27.9. The standard InChI is InChI=1S/C37H42ClN5O4/c1-41(2)22-24-18-27-19-29(38)10-13-34(27)43(23-24)36(45)33(20-28-21-39-32-7-5-4-6-31(28)32)40-37(46)42-16-14-26(15-17-42)35(44)25-8-11-30(47-3)12-9-25/h4-13,19,21,24,26,33,39H,14-18,20,22-23H2,1-3H3,(H,40,46)/t24-,33-/m1/s1. The summed E-state index contributed by atoms with van der Waals surface area (Å²) in [5.74, 6) is 0.680. The molecule has 1 saturated heterocycles. The first-order valence-electron chi connectivity index (χ1n) is 16.2. The van der Waals surface area contributed by atoms with Crippen molar-refractivity contribution < 1.29 is 19.1 Å². The first-order valence-corrected chi connectivity index (χ1v) is 16.6. The Balaban J connectivity index is 1.21. The maximum atomic E-state index is 14.6. The Morgan fingerprint density at radius 1 is 1.04 bits per heavy atom. The van der Waals surface area contributed by atoms with Crippen LogP contribution in [0.25, 0.3) is 10.9 Å². The molecule has 3 heterocycles. The lowest BCUT2D eigenvalue weighted by Gasteiger charge is -2.38. The number of carbonyl (C=O) groups is 3. The second-order valence-corrected chi connectivity index (χ2v) is 13.4. The summed E-state index contributed by atoms with van der Waals surface area (Å²) in [7, 11) is 5.67. The number of rotatable bonds is 9. The lowest BCUT2D eigenvalue weighted by atomic mass is 9.89. The van der Waals surface area contributed by atoms with Gasteiger partial charge in [0.25, 0.3) is 0 Å². The van der Waals surface area contributed by atoms with Crippen molar-refractivity contribution in [2.24, 2.45) is 11.8 Å². The van der Waals surface area contributed by atoms with Crippen LogP contribution in [0.15, 0.2) is 72.9 Å². The van der Waals surface area contributed by atoms with E-state index in [1.807, 2.05) is 67.7 Å². The van der Waals surface area contributed by atoms with E-state index in [9.17, 15) is 14.4 Å². The van der Waals surface area contributed by atoms with Crippen molar-refractivity contribution in [2.45, 2.75) is 31.7 Å². The van der Waals surface area contributed by atoms with Gasteiger partial charge in [0.05, 0.1) is 7.11 Å². The van der Waals surface area contributed by atoms with Gasteiger partial charge in [-0.15, -0.1) is 0 Å². The maximum Gasteiger partial charge on any atom is 0.318 e. The van der Waals surface area contributed by atoms with Gasteiger partial charge in [0.15, 0.2) is 5.78 Å². The smallest absolute Gasteiger partial charge is 0.318 e. The summed E-state index contributed by atoms with van der Waals surface area (Å²) in [6.07, 6.45) is 4.20. The van der Waals surface area contributed by atoms with Crippen molar-refractivity contribution in [3.63, 3.8) is 0 Å². The summed E-state index contributed by atoms with van der Waals surface area (Å²) in [6, 6.07) is 19.7. The Morgan fingerprint density at radius 3 is 2.51 bits per heavy atom. The number of hydrogen-bond donors (Lipinski definition) is 2. The van der Waals surface area contributed by atoms with Crippen molar-refractivity contribution in [2.75, 3.05) is 52.3 Å². The normalized spacial score (nSPS) is 17.4. The van der Waals surface area contributed by atoms with Gasteiger partial charge in [-0.1, -0.05) is 29.8 Å². The molecule has 2 aliphatic rings. The number of nitrogens with zero attached hydrogens (tertiary/aromatic N) is 3. The van der Waals surface area contributed by atoms with Crippen molar-refractivity contribution >= 4 is 45.9 Å². The molecule has 3 aromatic carbocycles. The molecule has 9 nitrogen and oxygen atoms in total. The topological polar surface area (TPSA) is 98.0 Å². The number of benzene rings is 3. The largest absolute Gasteiger partial charge is 0.497 e. The number of Topliss-reactive ketones (excluding diaryl/α,β-unsaturated/α-hetero) is 1. The molecule has 2 atom stereocenters. The molecule has 10 heteroatoms. The number of hydrogen-bond acceptors (Lipinski definition) is 5. The number of piperidine rings is 1. The lowest BCUT2D eigenvalue weighted by molar-refractivity contribution is -0.120. The molecule has 4 aromatic rings. The molecule has 0 bridgehead atoms. The number of aromatic amines is 1.